The second-order valence-corrected chi connectivity index (χ2v) is 7.76. The van der Waals surface area contributed by atoms with Crippen LogP contribution in [0.3, 0.4) is 0 Å². The number of ether oxygens (including phenoxy) is 2. The van der Waals surface area contributed by atoms with E-state index in [1.165, 1.54) is 11.8 Å². The van der Waals surface area contributed by atoms with Crippen molar-refractivity contribution in [3.63, 3.8) is 0 Å². The first-order valence-electron chi connectivity index (χ1n) is 7.24. The molecule has 23 heavy (non-hydrogen) atoms. The number of thioether (sulfide) groups is 2. The van der Waals surface area contributed by atoms with Gasteiger partial charge in [-0.05, 0) is 54.6 Å². The van der Waals surface area contributed by atoms with Gasteiger partial charge in [-0.15, -0.1) is 0 Å². The molecule has 0 saturated carbocycles. The van der Waals surface area contributed by atoms with Crippen LogP contribution in [0.4, 0.5) is 0 Å². The van der Waals surface area contributed by atoms with Crippen molar-refractivity contribution in [3.8, 4) is 11.5 Å². The van der Waals surface area contributed by atoms with Gasteiger partial charge in [0.2, 0.25) is 5.12 Å². The van der Waals surface area contributed by atoms with Gasteiger partial charge in [0.05, 0.1) is 13.7 Å². The molecule has 0 saturated heterocycles. The number of halogens is 1. The molecular weight excluding hydrogens is 398 g/mol. The van der Waals surface area contributed by atoms with Crippen LogP contribution in [-0.2, 0) is 4.79 Å². The Kier molecular flexibility index (Phi) is 7.05. The van der Waals surface area contributed by atoms with Gasteiger partial charge < -0.3 is 9.47 Å². The maximum absolute atomic E-state index is 12.1. The second-order valence-electron chi connectivity index (χ2n) is 4.60. The Morgan fingerprint density at radius 2 is 2.13 bits per heavy atom. The number of carbonyl (C=O) groups is 1. The van der Waals surface area contributed by atoms with Crippen molar-refractivity contribution in [3.05, 3.63) is 27.9 Å². The monoisotopic (exact) mass is 415 g/mol. The van der Waals surface area contributed by atoms with E-state index in [0.29, 0.717) is 23.8 Å². The third kappa shape index (κ3) is 4.78. The van der Waals surface area contributed by atoms with Crippen LogP contribution < -0.4 is 9.47 Å². The van der Waals surface area contributed by atoms with Crippen LogP contribution in [0.15, 0.2) is 27.3 Å². The van der Waals surface area contributed by atoms with E-state index in [0.717, 1.165) is 26.6 Å². The molecule has 0 aliphatic carbocycles. The van der Waals surface area contributed by atoms with E-state index in [2.05, 4.69) is 27.8 Å². The molecule has 0 bridgehead atoms. The molecule has 0 spiro atoms. The molecule has 0 radical (unpaired) electrons. The summed E-state index contributed by atoms with van der Waals surface area (Å²) in [4.78, 5) is 16.5. The van der Waals surface area contributed by atoms with E-state index < -0.39 is 0 Å². The summed E-state index contributed by atoms with van der Waals surface area (Å²) in [5, 5.41) is -0.0238. The quantitative estimate of drug-likeness (QED) is 0.613. The van der Waals surface area contributed by atoms with Crippen molar-refractivity contribution >= 4 is 55.0 Å². The highest BCUT2D eigenvalue weighted by Crippen LogP contribution is 2.37. The fourth-order valence-electron chi connectivity index (χ4n) is 1.88. The lowest BCUT2D eigenvalue weighted by molar-refractivity contribution is -0.107. The molecule has 0 atom stereocenters. The lowest BCUT2D eigenvalue weighted by Gasteiger charge is -2.11. The standard InChI is InChI=1S/C16H18BrNO3S2/c1-4-6-22-16-18-12(15(19)23-16)7-10-8-14(21-5-2)13(20-3)9-11(10)17/h7-9H,4-6H2,1-3H3/b12-7-. The first-order valence-corrected chi connectivity index (χ1v) is 9.84. The minimum atomic E-state index is -0.0238. The number of nitrogens with zero attached hydrogens (tertiary/aromatic N) is 1. The first-order chi connectivity index (χ1) is 11.1. The van der Waals surface area contributed by atoms with Crippen LogP contribution in [0.1, 0.15) is 25.8 Å². The first kappa shape index (κ1) is 18.4. The Hall–Kier alpha value is -0.920. The molecule has 0 N–H and O–H groups in total. The fourth-order valence-corrected chi connectivity index (χ4v) is 4.08. The molecule has 1 heterocycles. The molecule has 1 aliphatic heterocycles. The SMILES string of the molecule is CCCSC1=N/C(=C\c2cc(OCC)c(OC)cc2Br)C(=O)S1. The number of benzene rings is 1. The summed E-state index contributed by atoms with van der Waals surface area (Å²) in [6.07, 6.45) is 2.83. The summed E-state index contributed by atoms with van der Waals surface area (Å²) in [7, 11) is 1.60. The molecule has 0 amide bonds. The van der Waals surface area contributed by atoms with Crippen LogP contribution in [0.25, 0.3) is 6.08 Å². The number of rotatable bonds is 6. The Labute approximate surface area is 153 Å². The summed E-state index contributed by atoms with van der Waals surface area (Å²) in [6.45, 7) is 4.56. The number of aliphatic imine (C=N–C) groups is 1. The number of hydrogen-bond acceptors (Lipinski definition) is 6. The van der Waals surface area contributed by atoms with Crippen molar-refractivity contribution in [2.75, 3.05) is 19.5 Å². The predicted octanol–water partition coefficient (Wildman–Crippen LogP) is 4.97. The average Bonchev–Trinajstić information content (AvgIpc) is 2.88. The summed E-state index contributed by atoms with van der Waals surface area (Å²) in [5.74, 6) is 2.26. The molecule has 124 valence electrons. The maximum atomic E-state index is 12.1. The second kappa shape index (κ2) is 8.80. The van der Waals surface area contributed by atoms with Gasteiger partial charge in [0.15, 0.2) is 11.5 Å². The van der Waals surface area contributed by atoms with Gasteiger partial charge in [-0.25, -0.2) is 4.99 Å². The predicted molar refractivity (Wildman–Crippen MR) is 103 cm³/mol. The lowest BCUT2D eigenvalue weighted by Crippen LogP contribution is -1.97. The van der Waals surface area contributed by atoms with E-state index in [4.69, 9.17) is 9.47 Å². The summed E-state index contributed by atoms with van der Waals surface area (Å²) in [5.41, 5.74) is 1.30. The highest BCUT2D eigenvalue weighted by atomic mass is 79.9. The molecule has 2 rings (SSSR count). The van der Waals surface area contributed by atoms with Gasteiger partial charge in [-0.2, -0.15) is 0 Å². The van der Waals surface area contributed by atoms with Crippen molar-refractivity contribution in [1.29, 1.82) is 0 Å². The van der Waals surface area contributed by atoms with E-state index >= 15 is 0 Å². The zero-order chi connectivity index (χ0) is 16.8. The number of carbonyl (C=O) groups excluding carboxylic acids is 1. The summed E-state index contributed by atoms with van der Waals surface area (Å²) < 4.78 is 12.5. The normalized spacial score (nSPS) is 15.9. The molecule has 1 aromatic rings. The van der Waals surface area contributed by atoms with E-state index in [9.17, 15) is 4.79 Å². The van der Waals surface area contributed by atoms with Crippen LogP contribution in [0.2, 0.25) is 0 Å². The van der Waals surface area contributed by atoms with Crippen LogP contribution in [0, 0.1) is 0 Å². The van der Waals surface area contributed by atoms with Gasteiger partial charge in [-0.1, -0.05) is 34.6 Å². The Balaban J connectivity index is 2.32. The molecule has 0 aromatic heterocycles. The third-order valence-corrected chi connectivity index (χ3v) is 5.81. The molecule has 1 aromatic carbocycles. The number of hydrogen-bond donors (Lipinski definition) is 0. The lowest BCUT2D eigenvalue weighted by atomic mass is 10.1. The maximum Gasteiger partial charge on any atom is 0.244 e. The third-order valence-electron chi connectivity index (χ3n) is 2.91. The van der Waals surface area contributed by atoms with Crippen molar-refractivity contribution in [2.45, 2.75) is 20.3 Å². The highest BCUT2D eigenvalue weighted by molar-refractivity contribution is 9.10. The molecule has 0 fully saturated rings. The van der Waals surface area contributed by atoms with Crippen molar-refractivity contribution in [2.24, 2.45) is 4.99 Å². The minimum Gasteiger partial charge on any atom is -0.493 e. The van der Waals surface area contributed by atoms with E-state index in [1.807, 2.05) is 19.1 Å². The van der Waals surface area contributed by atoms with Crippen LogP contribution in [-0.4, -0.2) is 29.0 Å². The smallest absolute Gasteiger partial charge is 0.244 e. The van der Waals surface area contributed by atoms with Gasteiger partial charge in [0.25, 0.3) is 0 Å². The van der Waals surface area contributed by atoms with Gasteiger partial charge in [-0.3, -0.25) is 4.79 Å². The molecule has 4 nitrogen and oxygen atoms in total. The van der Waals surface area contributed by atoms with E-state index in [1.54, 1.807) is 24.9 Å². The fraction of sp³-hybridized carbons (Fsp3) is 0.375. The van der Waals surface area contributed by atoms with E-state index in [-0.39, 0.29) is 5.12 Å². The summed E-state index contributed by atoms with van der Waals surface area (Å²) >= 11 is 6.32. The Morgan fingerprint density at radius 3 is 2.78 bits per heavy atom. The van der Waals surface area contributed by atoms with Gasteiger partial charge >= 0.3 is 0 Å². The highest BCUT2D eigenvalue weighted by Gasteiger charge is 2.22. The van der Waals surface area contributed by atoms with Gasteiger partial charge in [0, 0.05) is 4.47 Å². The molecule has 1 aliphatic rings. The van der Waals surface area contributed by atoms with Crippen LogP contribution >= 0.6 is 39.5 Å². The Bertz CT molecular complexity index is 659. The average molecular weight is 416 g/mol. The summed E-state index contributed by atoms with van der Waals surface area (Å²) in [6, 6.07) is 3.68. The van der Waals surface area contributed by atoms with Crippen molar-refractivity contribution in [1.82, 2.24) is 0 Å². The number of methoxy groups -OCH3 is 1. The zero-order valence-electron chi connectivity index (χ0n) is 13.2. The van der Waals surface area contributed by atoms with Gasteiger partial charge in [0.1, 0.15) is 10.1 Å². The topological polar surface area (TPSA) is 47.9 Å². The largest absolute Gasteiger partial charge is 0.493 e. The van der Waals surface area contributed by atoms with Crippen LogP contribution in [0.5, 0.6) is 11.5 Å². The van der Waals surface area contributed by atoms with Crippen molar-refractivity contribution < 1.29 is 14.3 Å². The molecule has 7 heteroatoms. The Morgan fingerprint density at radius 1 is 1.35 bits per heavy atom. The molecular formula is C16H18BrNO3S2. The molecule has 0 unspecified atom stereocenters. The zero-order valence-corrected chi connectivity index (χ0v) is 16.4. The minimum absolute atomic E-state index is 0.0238.